The Morgan fingerprint density at radius 3 is 2.75 bits per heavy atom. The minimum atomic E-state index is 0.755. The first-order valence-corrected chi connectivity index (χ1v) is 4.29. The molecule has 0 fully saturated rings. The predicted octanol–water partition coefficient (Wildman–Crippen LogP) is 2.22. The normalized spacial score (nSPS) is 9.75. The summed E-state index contributed by atoms with van der Waals surface area (Å²) in [5.74, 6) is 0. The van der Waals surface area contributed by atoms with Gasteiger partial charge in [0.05, 0.1) is 0 Å². The zero-order valence-corrected chi connectivity index (χ0v) is 7.29. The molecule has 0 aromatic heterocycles. The SMILES string of the molecule is C=Cc1ccccc1CCCN. The van der Waals surface area contributed by atoms with Gasteiger partial charge in [0, 0.05) is 0 Å². The highest BCUT2D eigenvalue weighted by atomic mass is 14.5. The van der Waals surface area contributed by atoms with Crippen LogP contribution in [0.1, 0.15) is 17.5 Å². The van der Waals surface area contributed by atoms with Crippen molar-refractivity contribution in [2.24, 2.45) is 5.73 Å². The van der Waals surface area contributed by atoms with Gasteiger partial charge in [0.25, 0.3) is 0 Å². The molecule has 1 aromatic rings. The van der Waals surface area contributed by atoms with Crippen molar-refractivity contribution in [3.8, 4) is 0 Å². The lowest BCUT2D eigenvalue weighted by atomic mass is 10.0. The zero-order chi connectivity index (χ0) is 8.81. The maximum absolute atomic E-state index is 5.44. The van der Waals surface area contributed by atoms with Gasteiger partial charge >= 0.3 is 0 Å². The number of hydrogen-bond acceptors (Lipinski definition) is 1. The third-order valence-corrected chi connectivity index (χ3v) is 1.93. The van der Waals surface area contributed by atoms with Crippen molar-refractivity contribution in [3.63, 3.8) is 0 Å². The van der Waals surface area contributed by atoms with Gasteiger partial charge in [0.15, 0.2) is 0 Å². The van der Waals surface area contributed by atoms with E-state index in [1.54, 1.807) is 0 Å². The molecule has 12 heavy (non-hydrogen) atoms. The van der Waals surface area contributed by atoms with Crippen molar-refractivity contribution in [2.75, 3.05) is 6.54 Å². The van der Waals surface area contributed by atoms with Gasteiger partial charge in [-0.05, 0) is 30.5 Å². The van der Waals surface area contributed by atoms with Crippen molar-refractivity contribution in [3.05, 3.63) is 42.0 Å². The van der Waals surface area contributed by atoms with Crippen molar-refractivity contribution in [1.82, 2.24) is 0 Å². The van der Waals surface area contributed by atoms with Crippen molar-refractivity contribution in [2.45, 2.75) is 12.8 Å². The molecular weight excluding hydrogens is 146 g/mol. The fourth-order valence-electron chi connectivity index (χ4n) is 1.25. The van der Waals surface area contributed by atoms with E-state index in [-0.39, 0.29) is 0 Å². The van der Waals surface area contributed by atoms with Crippen LogP contribution < -0.4 is 5.73 Å². The third kappa shape index (κ3) is 2.21. The van der Waals surface area contributed by atoms with E-state index in [1.807, 2.05) is 12.1 Å². The second kappa shape index (κ2) is 4.73. The number of nitrogens with two attached hydrogens (primary N) is 1. The minimum Gasteiger partial charge on any atom is -0.330 e. The predicted molar refractivity (Wildman–Crippen MR) is 53.9 cm³/mol. The lowest BCUT2D eigenvalue weighted by Crippen LogP contribution is -2.01. The molecule has 0 atom stereocenters. The highest BCUT2D eigenvalue weighted by Crippen LogP contribution is 2.11. The van der Waals surface area contributed by atoms with Gasteiger partial charge < -0.3 is 5.73 Å². The highest BCUT2D eigenvalue weighted by molar-refractivity contribution is 5.51. The van der Waals surface area contributed by atoms with Crippen LogP contribution in [0, 0.1) is 0 Å². The monoisotopic (exact) mass is 161 g/mol. The molecule has 1 nitrogen and oxygen atoms in total. The fourth-order valence-corrected chi connectivity index (χ4v) is 1.25. The van der Waals surface area contributed by atoms with Crippen LogP contribution in [-0.4, -0.2) is 6.54 Å². The van der Waals surface area contributed by atoms with Gasteiger partial charge in [-0.25, -0.2) is 0 Å². The van der Waals surface area contributed by atoms with Gasteiger partial charge in [-0.15, -0.1) is 0 Å². The Hall–Kier alpha value is -1.08. The van der Waals surface area contributed by atoms with E-state index in [9.17, 15) is 0 Å². The van der Waals surface area contributed by atoms with E-state index in [2.05, 4.69) is 24.8 Å². The first kappa shape index (κ1) is 9.01. The molecule has 0 heterocycles. The van der Waals surface area contributed by atoms with E-state index in [4.69, 9.17) is 5.73 Å². The maximum atomic E-state index is 5.44. The third-order valence-electron chi connectivity index (χ3n) is 1.93. The van der Waals surface area contributed by atoms with Gasteiger partial charge in [-0.1, -0.05) is 36.9 Å². The summed E-state index contributed by atoms with van der Waals surface area (Å²) in [6, 6.07) is 8.30. The van der Waals surface area contributed by atoms with E-state index < -0.39 is 0 Å². The molecule has 1 aromatic carbocycles. The molecule has 0 bridgehead atoms. The molecule has 2 N–H and O–H groups in total. The Morgan fingerprint density at radius 1 is 1.33 bits per heavy atom. The van der Waals surface area contributed by atoms with Crippen LogP contribution in [0.25, 0.3) is 6.08 Å². The molecule has 0 radical (unpaired) electrons. The number of hydrogen-bond donors (Lipinski definition) is 1. The molecular formula is C11H15N. The average molecular weight is 161 g/mol. The topological polar surface area (TPSA) is 26.0 Å². The second-order valence-electron chi connectivity index (χ2n) is 2.80. The van der Waals surface area contributed by atoms with E-state index in [0.717, 1.165) is 19.4 Å². The molecule has 0 amide bonds. The lowest BCUT2D eigenvalue weighted by Gasteiger charge is -2.03. The molecule has 0 saturated heterocycles. The van der Waals surface area contributed by atoms with Crippen molar-refractivity contribution in [1.29, 1.82) is 0 Å². The quantitative estimate of drug-likeness (QED) is 0.720. The average Bonchev–Trinajstić information content (AvgIpc) is 2.15. The lowest BCUT2D eigenvalue weighted by molar-refractivity contribution is 0.831. The number of aryl methyl sites for hydroxylation is 1. The molecule has 0 saturated carbocycles. The summed E-state index contributed by atoms with van der Waals surface area (Å²) in [6.07, 6.45) is 4.00. The summed E-state index contributed by atoms with van der Waals surface area (Å²) in [5, 5.41) is 0. The van der Waals surface area contributed by atoms with Crippen LogP contribution in [-0.2, 0) is 6.42 Å². The highest BCUT2D eigenvalue weighted by Gasteiger charge is 1.95. The van der Waals surface area contributed by atoms with Gasteiger partial charge in [0.1, 0.15) is 0 Å². The smallest absolute Gasteiger partial charge is 0.00741 e. The summed E-state index contributed by atoms with van der Waals surface area (Å²) < 4.78 is 0. The largest absolute Gasteiger partial charge is 0.330 e. The molecule has 1 rings (SSSR count). The standard InChI is InChI=1S/C11H15N/c1-2-10-6-3-4-7-11(10)8-5-9-12/h2-4,6-7H,1,5,8-9,12H2. The molecule has 0 aliphatic heterocycles. The van der Waals surface area contributed by atoms with Gasteiger partial charge in [0.2, 0.25) is 0 Å². The summed E-state index contributed by atoms with van der Waals surface area (Å²) in [6.45, 7) is 4.52. The molecule has 1 heteroatoms. The van der Waals surface area contributed by atoms with Gasteiger partial charge in [-0.2, -0.15) is 0 Å². The first-order valence-electron chi connectivity index (χ1n) is 4.29. The van der Waals surface area contributed by atoms with Crippen LogP contribution >= 0.6 is 0 Å². The van der Waals surface area contributed by atoms with Crippen LogP contribution in [0.3, 0.4) is 0 Å². The van der Waals surface area contributed by atoms with Crippen LogP contribution in [0.15, 0.2) is 30.8 Å². The maximum Gasteiger partial charge on any atom is -0.00741 e. The zero-order valence-electron chi connectivity index (χ0n) is 7.29. The van der Waals surface area contributed by atoms with Crippen molar-refractivity contribution < 1.29 is 0 Å². The number of rotatable bonds is 4. The minimum absolute atomic E-state index is 0.755. The Labute approximate surface area is 73.9 Å². The Bertz CT molecular complexity index is 253. The van der Waals surface area contributed by atoms with Gasteiger partial charge in [-0.3, -0.25) is 0 Å². The summed E-state index contributed by atoms with van der Waals surface area (Å²) in [7, 11) is 0. The van der Waals surface area contributed by atoms with E-state index in [0.29, 0.717) is 0 Å². The molecule has 64 valence electrons. The molecule has 0 spiro atoms. The second-order valence-corrected chi connectivity index (χ2v) is 2.80. The van der Waals surface area contributed by atoms with E-state index in [1.165, 1.54) is 11.1 Å². The molecule has 0 aliphatic rings. The number of benzene rings is 1. The Balaban J connectivity index is 2.75. The first-order chi connectivity index (χ1) is 5.88. The van der Waals surface area contributed by atoms with Crippen LogP contribution in [0.4, 0.5) is 0 Å². The summed E-state index contributed by atoms with van der Waals surface area (Å²) in [5.41, 5.74) is 8.02. The van der Waals surface area contributed by atoms with Crippen molar-refractivity contribution >= 4 is 6.08 Å². The van der Waals surface area contributed by atoms with E-state index >= 15 is 0 Å². The molecule has 0 unspecified atom stereocenters. The summed E-state index contributed by atoms with van der Waals surface area (Å²) in [4.78, 5) is 0. The Kier molecular flexibility index (Phi) is 3.55. The van der Waals surface area contributed by atoms with Crippen LogP contribution in [0.5, 0.6) is 0 Å². The summed E-state index contributed by atoms with van der Waals surface area (Å²) >= 11 is 0. The van der Waals surface area contributed by atoms with Crippen LogP contribution in [0.2, 0.25) is 0 Å². The Morgan fingerprint density at radius 2 is 2.08 bits per heavy atom. The fraction of sp³-hybridized carbons (Fsp3) is 0.273. The molecule has 0 aliphatic carbocycles.